The third-order valence-electron chi connectivity index (χ3n) is 3.58. The summed E-state index contributed by atoms with van der Waals surface area (Å²) < 4.78 is 40.0. The fourth-order valence-electron chi connectivity index (χ4n) is 2.30. The number of aryl methyl sites for hydroxylation is 1. The molecule has 25 heavy (non-hydrogen) atoms. The molecule has 0 fully saturated rings. The monoisotopic (exact) mass is 586 g/mol. The normalized spacial score (nSPS) is 11.6. The van der Waals surface area contributed by atoms with Crippen molar-refractivity contribution in [3.05, 3.63) is 54.2 Å². The first-order valence-electron chi connectivity index (χ1n) is 7.30. The first-order valence-corrected chi connectivity index (χ1v) is 10.9. The lowest BCUT2D eigenvalue weighted by molar-refractivity contribution is 0.0733. The fraction of sp³-hybridized carbons (Fsp3) is 0.235. The Kier molecular flexibility index (Phi) is 6.50. The average Bonchev–Trinajstić information content (AvgIpc) is 2.49. The lowest BCUT2D eigenvalue weighted by Crippen LogP contribution is -2.14. The van der Waals surface area contributed by atoms with Crippen molar-refractivity contribution in [3.63, 3.8) is 0 Å². The highest BCUT2D eigenvalue weighted by atomic mass is 127. The van der Waals surface area contributed by atoms with Crippen LogP contribution in [0.2, 0.25) is 0 Å². The molecule has 0 radical (unpaired) electrons. The molecular formula is C17H16I2O5S. The van der Waals surface area contributed by atoms with E-state index in [2.05, 4.69) is 45.2 Å². The highest BCUT2D eigenvalue weighted by molar-refractivity contribution is 14.1. The molecule has 0 saturated carbocycles. The number of ether oxygens (including phenoxy) is 1. The highest BCUT2D eigenvalue weighted by Crippen LogP contribution is 2.28. The predicted octanol–water partition coefficient (Wildman–Crippen LogP) is 4.79. The maximum Gasteiger partial charge on any atom is 0.343 e. The third kappa shape index (κ3) is 4.92. The van der Waals surface area contributed by atoms with E-state index in [0.717, 1.165) is 7.14 Å². The molecule has 0 spiro atoms. The predicted molar refractivity (Wildman–Crippen MR) is 112 cm³/mol. The minimum absolute atomic E-state index is 0.180. The number of rotatable bonds is 4. The number of benzene rings is 2. The highest BCUT2D eigenvalue weighted by Gasteiger charge is 2.22. The van der Waals surface area contributed by atoms with Crippen LogP contribution in [0.4, 0.5) is 0 Å². The molecule has 0 bridgehead atoms. The van der Waals surface area contributed by atoms with Gasteiger partial charge < -0.3 is 4.74 Å². The van der Waals surface area contributed by atoms with Gasteiger partial charge in [-0.25, -0.2) is 4.79 Å². The van der Waals surface area contributed by atoms with Crippen LogP contribution in [0.25, 0.3) is 0 Å². The molecule has 0 aliphatic rings. The van der Waals surface area contributed by atoms with Gasteiger partial charge in [-0.05, 0) is 99.5 Å². The summed E-state index contributed by atoms with van der Waals surface area (Å²) in [4.78, 5) is 12.3. The van der Waals surface area contributed by atoms with E-state index in [1.54, 1.807) is 32.9 Å². The van der Waals surface area contributed by atoms with E-state index in [4.69, 9.17) is 4.74 Å². The van der Waals surface area contributed by atoms with Gasteiger partial charge >= 0.3 is 5.97 Å². The van der Waals surface area contributed by atoms with Crippen LogP contribution < -0.4 is 4.74 Å². The van der Waals surface area contributed by atoms with Crippen molar-refractivity contribution in [1.82, 2.24) is 0 Å². The van der Waals surface area contributed by atoms with Gasteiger partial charge in [0.1, 0.15) is 5.75 Å². The van der Waals surface area contributed by atoms with Crippen molar-refractivity contribution >= 4 is 61.3 Å². The Bertz CT molecular complexity index is 936. The van der Waals surface area contributed by atoms with Gasteiger partial charge in [0.2, 0.25) is 0 Å². The second-order valence-corrected chi connectivity index (χ2v) is 9.51. The minimum atomic E-state index is -4.37. The van der Waals surface area contributed by atoms with E-state index in [1.807, 2.05) is 6.07 Å². The molecule has 0 aliphatic heterocycles. The van der Waals surface area contributed by atoms with Crippen molar-refractivity contribution in [1.29, 1.82) is 0 Å². The summed E-state index contributed by atoms with van der Waals surface area (Å²) in [6.07, 6.45) is 0. The standard InChI is InChI=1S/C17H16I2O5S/c1-9(2)12-8-13(10(3)6-16(12)25(21,22)23)17(20)24-11-4-5-14(18)15(19)7-11/h4-9H,1-3H3,(H,21,22,23). The first-order chi connectivity index (χ1) is 11.5. The average molecular weight is 586 g/mol. The number of carbonyl (C=O) groups excluding carboxylic acids is 1. The smallest absolute Gasteiger partial charge is 0.343 e. The summed E-state index contributed by atoms with van der Waals surface area (Å²) in [5, 5.41) is 0. The van der Waals surface area contributed by atoms with Gasteiger partial charge in [0.05, 0.1) is 10.5 Å². The molecule has 0 heterocycles. The van der Waals surface area contributed by atoms with Gasteiger partial charge in [0.25, 0.3) is 10.1 Å². The third-order valence-corrected chi connectivity index (χ3v) is 7.35. The van der Waals surface area contributed by atoms with Gasteiger partial charge in [-0.3, -0.25) is 4.55 Å². The van der Waals surface area contributed by atoms with E-state index in [9.17, 15) is 17.8 Å². The Hall–Kier alpha value is -0.720. The Morgan fingerprint density at radius 3 is 2.28 bits per heavy atom. The number of halogens is 2. The maximum absolute atomic E-state index is 12.5. The second-order valence-electron chi connectivity index (χ2n) is 5.80. The van der Waals surface area contributed by atoms with Gasteiger partial charge in [-0.2, -0.15) is 8.42 Å². The zero-order valence-corrected chi connectivity index (χ0v) is 18.8. The summed E-state index contributed by atoms with van der Waals surface area (Å²) in [7, 11) is -4.37. The lowest BCUT2D eigenvalue weighted by atomic mass is 9.97. The number of esters is 1. The van der Waals surface area contributed by atoms with Gasteiger partial charge in [0, 0.05) is 7.14 Å². The van der Waals surface area contributed by atoms with Crippen molar-refractivity contribution in [2.75, 3.05) is 0 Å². The van der Waals surface area contributed by atoms with Crippen LogP contribution >= 0.6 is 45.2 Å². The van der Waals surface area contributed by atoms with Crippen LogP contribution in [0.15, 0.2) is 35.2 Å². The number of carbonyl (C=O) groups is 1. The van der Waals surface area contributed by atoms with E-state index in [-0.39, 0.29) is 16.4 Å². The molecule has 134 valence electrons. The second kappa shape index (κ2) is 7.89. The van der Waals surface area contributed by atoms with E-state index in [1.165, 1.54) is 12.1 Å². The molecule has 2 rings (SSSR count). The number of hydrogen-bond donors (Lipinski definition) is 1. The van der Waals surface area contributed by atoms with Gasteiger partial charge in [-0.15, -0.1) is 0 Å². The zero-order chi connectivity index (χ0) is 18.9. The van der Waals surface area contributed by atoms with Crippen molar-refractivity contribution in [3.8, 4) is 5.75 Å². The molecule has 0 saturated heterocycles. The summed E-state index contributed by atoms with van der Waals surface area (Å²) in [5.74, 6) is -0.346. The quantitative estimate of drug-likeness (QED) is 0.241. The minimum Gasteiger partial charge on any atom is -0.423 e. The number of hydrogen-bond acceptors (Lipinski definition) is 4. The van der Waals surface area contributed by atoms with Crippen LogP contribution in [0.3, 0.4) is 0 Å². The molecule has 0 unspecified atom stereocenters. The van der Waals surface area contributed by atoms with E-state index in [0.29, 0.717) is 16.9 Å². The molecule has 5 nitrogen and oxygen atoms in total. The molecule has 0 amide bonds. The Labute approximate surface area is 174 Å². The molecule has 0 aliphatic carbocycles. The van der Waals surface area contributed by atoms with Crippen molar-refractivity contribution < 1.29 is 22.5 Å². The summed E-state index contributed by atoms with van der Waals surface area (Å²) in [5.41, 5.74) is 1.06. The maximum atomic E-state index is 12.5. The Balaban J connectivity index is 2.46. The van der Waals surface area contributed by atoms with Gasteiger partial charge in [-0.1, -0.05) is 13.8 Å². The Morgan fingerprint density at radius 1 is 1.12 bits per heavy atom. The molecule has 0 aromatic heterocycles. The molecule has 1 N–H and O–H groups in total. The van der Waals surface area contributed by atoms with Crippen LogP contribution in [0, 0.1) is 14.1 Å². The Morgan fingerprint density at radius 2 is 1.76 bits per heavy atom. The topological polar surface area (TPSA) is 80.7 Å². The molecular weight excluding hydrogens is 570 g/mol. The summed E-state index contributed by atoms with van der Waals surface area (Å²) >= 11 is 4.34. The lowest BCUT2D eigenvalue weighted by Gasteiger charge is -2.15. The van der Waals surface area contributed by atoms with Gasteiger partial charge in [0.15, 0.2) is 0 Å². The first kappa shape index (κ1) is 20.6. The zero-order valence-electron chi connectivity index (χ0n) is 13.7. The largest absolute Gasteiger partial charge is 0.423 e. The molecule has 0 atom stereocenters. The van der Waals surface area contributed by atoms with Crippen LogP contribution in [0.1, 0.15) is 41.3 Å². The summed E-state index contributed by atoms with van der Waals surface area (Å²) in [6, 6.07) is 8.08. The fourth-order valence-corrected chi connectivity index (χ4v) is 4.04. The van der Waals surface area contributed by atoms with Crippen LogP contribution in [-0.2, 0) is 10.1 Å². The van der Waals surface area contributed by atoms with E-state index < -0.39 is 16.1 Å². The van der Waals surface area contributed by atoms with Crippen LogP contribution in [0.5, 0.6) is 5.75 Å². The van der Waals surface area contributed by atoms with Crippen molar-refractivity contribution in [2.24, 2.45) is 0 Å². The molecule has 2 aromatic rings. The summed E-state index contributed by atoms with van der Waals surface area (Å²) in [6.45, 7) is 5.18. The van der Waals surface area contributed by atoms with E-state index >= 15 is 0 Å². The SMILES string of the molecule is Cc1cc(S(=O)(=O)O)c(C(C)C)cc1C(=O)Oc1ccc(I)c(I)c1. The van der Waals surface area contributed by atoms with Crippen molar-refractivity contribution in [2.45, 2.75) is 31.6 Å². The molecule has 2 aromatic carbocycles. The van der Waals surface area contributed by atoms with Crippen LogP contribution in [-0.4, -0.2) is 18.9 Å². The molecule has 8 heteroatoms.